The Morgan fingerprint density at radius 1 is 0.235 bits per heavy atom. The Morgan fingerprint density at radius 2 is 0.420 bits per heavy atom. The predicted octanol–water partition coefficient (Wildman–Crippen LogP) is 28.8. The van der Waals surface area contributed by atoms with Crippen LogP contribution in [0, 0.1) is 0 Å². The van der Waals surface area contributed by atoms with Gasteiger partial charge in [-0.25, -0.2) is 9.13 Å². The lowest BCUT2D eigenvalue weighted by Crippen LogP contribution is -2.30. The van der Waals surface area contributed by atoms with Gasteiger partial charge in [0.2, 0.25) is 0 Å². The van der Waals surface area contributed by atoms with Crippen molar-refractivity contribution >= 4 is 33.6 Å². The number of allylic oxidation sites excluding steroid dienone is 34. The topological polar surface area (TPSA) is 231 Å². The summed E-state index contributed by atoms with van der Waals surface area (Å²) in [7, 11) is -9.83. The lowest BCUT2D eigenvalue weighted by atomic mass is 10.0. The van der Waals surface area contributed by atoms with Crippen molar-refractivity contribution in [2.24, 2.45) is 0 Å². The van der Waals surface area contributed by atoms with Crippen LogP contribution in [-0.4, -0.2) is 95.9 Å². The molecule has 4 N–H and O–H groups in total. The van der Waals surface area contributed by atoms with E-state index >= 15 is 0 Å². The van der Waals surface area contributed by atoms with Gasteiger partial charge in [-0.3, -0.25) is 32.5 Å². The van der Waals surface area contributed by atoms with E-state index in [4.69, 9.17) is 32.3 Å². The first-order valence-corrected chi connectivity index (χ1v) is 49.4. The first kappa shape index (κ1) is 113. The molecule has 0 bridgehead atoms. The molecule has 5 atom stereocenters. The summed E-state index contributed by atoms with van der Waals surface area (Å²) in [5.74, 6) is -1.60. The minimum Gasteiger partial charge on any atom is -0.463 e. The van der Waals surface area contributed by atoms with Gasteiger partial charge < -0.3 is 34.2 Å². The molecule has 0 amide bonds. The summed E-state index contributed by atoms with van der Waals surface area (Å²) in [6, 6.07) is 0. The van der Waals surface area contributed by atoms with E-state index in [-0.39, 0.29) is 19.3 Å². The third-order valence-corrected chi connectivity index (χ3v) is 20.9. The van der Waals surface area contributed by atoms with Crippen LogP contribution in [0.5, 0.6) is 0 Å². The second kappa shape index (κ2) is 91.3. The molecule has 0 aliphatic heterocycles. The smallest absolute Gasteiger partial charge is 0.463 e. The standard InChI is InChI=1S/C101H166O16P2/c1-4-7-10-13-16-19-22-25-28-31-34-37-39-41-43-45-46-47-48-50-52-53-55-58-60-63-66-69-72-75-78-81-84-87-99(104)111-90-96(102)91-113-118(107,108)114-92-97(103)93-115-119(109,110)116-95-98(117-101(106)89-86-83-80-77-74-71-68-65-62-57-36-33-30-27-24-21-18-15-12-9-6-3)94-112-100(105)88-85-82-79-76-73-70-67-64-61-59-56-54-51-49-44-42-40-38-35-32-29-26-23-20-17-14-11-8-5-2/h7-12,16-21,25-30,34-38,41-44,46-47,51,54,57,65,68,96-98,102-103H,4-6,13-15,22-24,31-33,39-40,45,48-50,52-53,55-56,58-64,66-67,69-95H2,1-3H3,(H,107,108)(H,109,110)/b10-7-,11-8-,12-9-,19-16-,20-17-,21-18-,28-25-,29-26-,30-27-,37-34-,38-35-,43-41-,44-42-,47-46-,54-51-,57-36-,68-65-. The SMILES string of the molecule is CC/C=C\C/C=C\C/C=C\C/C=C\C/C=C\C/C=C\CCCCCCCCCCCCCCCCC(=O)OCC(O)COP(=O)(O)OCC(O)COP(=O)(O)OCC(COC(=O)CCCCCCCCCCCC/C=C\C/C=C\C/C=C\C/C=C\C/C=C\C/C=C\CC)OC(=O)CCCCCCC/C=C\C/C=C\C/C=C\C/C=C\C/C=C\CC. The second-order valence-electron chi connectivity index (χ2n) is 30.3. The van der Waals surface area contributed by atoms with Crippen LogP contribution in [0.3, 0.4) is 0 Å². The second-order valence-corrected chi connectivity index (χ2v) is 33.2. The van der Waals surface area contributed by atoms with E-state index < -0.39 is 91.5 Å². The highest BCUT2D eigenvalue weighted by Gasteiger charge is 2.29. The van der Waals surface area contributed by atoms with Crippen LogP contribution < -0.4 is 0 Å². The highest BCUT2D eigenvalue weighted by molar-refractivity contribution is 7.47. The summed E-state index contributed by atoms with van der Waals surface area (Å²) in [5, 5.41) is 20.7. The van der Waals surface area contributed by atoms with Gasteiger partial charge >= 0.3 is 33.6 Å². The molecular formula is C101H166O16P2. The molecule has 0 aromatic carbocycles. The van der Waals surface area contributed by atoms with Gasteiger partial charge in [0.05, 0.1) is 26.4 Å². The Kier molecular flexibility index (Phi) is 86.8. The number of aliphatic hydroxyl groups is 2. The van der Waals surface area contributed by atoms with Crippen molar-refractivity contribution in [3.05, 3.63) is 207 Å². The number of rotatable bonds is 86. The Labute approximate surface area is 724 Å². The van der Waals surface area contributed by atoms with E-state index in [1.165, 1.54) is 96.3 Å². The molecule has 16 nitrogen and oxygen atoms in total. The maximum atomic E-state index is 13.1. The molecule has 0 saturated heterocycles. The molecule has 0 spiro atoms. The average Bonchev–Trinajstić information content (AvgIpc) is 0.902. The van der Waals surface area contributed by atoms with Crippen LogP contribution >= 0.6 is 15.6 Å². The van der Waals surface area contributed by atoms with Crippen LogP contribution in [-0.2, 0) is 55.8 Å². The molecule has 0 saturated carbocycles. The minimum absolute atomic E-state index is 0.0746. The van der Waals surface area contributed by atoms with E-state index in [9.17, 15) is 43.5 Å². The van der Waals surface area contributed by atoms with Crippen molar-refractivity contribution in [2.45, 2.75) is 373 Å². The molecule has 0 rings (SSSR count). The molecule has 119 heavy (non-hydrogen) atoms. The summed E-state index contributed by atoms with van der Waals surface area (Å²) in [4.78, 5) is 59.0. The average molecular weight is 1700 g/mol. The summed E-state index contributed by atoms with van der Waals surface area (Å²) >= 11 is 0. The molecule has 0 radical (unpaired) electrons. The van der Waals surface area contributed by atoms with Gasteiger partial charge in [0.1, 0.15) is 25.4 Å². The molecule has 5 unspecified atom stereocenters. The van der Waals surface area contributed by atoms with Crippen LogP contribution in [0.2, 0.25) is 0 Å². The van der Waals surface area contributed by atoms with Gasteiger partial charge in [0.25, 0.3) is 0 Å². The normalized spacial score (nSPS) is 14.7. The largest absolute Gasteiger partial charge is 0.472 e. The first-order valence-electron chi connectivity index (χ1n) is 46.4. The maximum absolute atomic E-state index is 13.1. The molecule has 0 fully saturated rings. The zero-order valence-corrected chi connectivity index (χ0v) is 76.2. The number of ether oxygens (including phenoxy) is 3. The Morgan fingerprint density at radius 3 is 0.664 bits per heavy atom. The summed E-state index contributed by atoms with van der Waals surface area (Å²) in [5.41, 5.74) is 0. The summed E-state index contributed by atoms with van der Waals surface area (Å²) in [6.07, 6.45) is 123. The lowest BCUT2D eigenvalue weighted by molar-refractivity contribution is -0.161. The molecule has 0 heterocycles. The fourth-order valence-corrected chi connectivity index (χ4v) is 13.7. The molecule has 0 aromatic heterocycles. The number of esters is 3. The van der Waals surface area contributed by atoms with Gasteiger partial charge in [0.15, 0.2) is 6.10 Å². The fourth-order valence-electron chi connectivity index (χ4n) is 12.1. The third-order valence-electron chi connectivity index (χ3n) is 19.0. The minimum atomic E-state index is -4.96. The van der Waals surface area contributed by atoms with Crippen LogP contribution in [0.15, 0.2) is 207 Å². The van der Waals surface area contributed by atoms with Gasteiger partial charge in [-0.1, -0.05) is 375 Å². The number of phosphoric ester groups is 2. The molecule has 18 heteroatoms. The van der Waals surface area contributed by atoms with E-state index in [2.05, 4.69) is 227 Å². The maximum Gasteiger partial charge on any atom is 0.472 e. The third kappa shape index (κ3) is 92.7. The van der Waals surface area contributed by atoms with Crippen molar-refractivity contribution in [1.29, 1.82) is 0 Å². The van der Waals surface area contributed by atoms with Crippen LogP contribution in [0.1, 0.15) is 355 Å². The van der Waals surface area contributed by atoms with Crippen molar-refractivity contribution in [1.82, 2.24) is 0 Å². The molecular weight excluding hydrogens is 1530 g/mol. The van der Waals surface area contributed by atoms with Crippen LogP contribution in [0.4, 0.5) is 0 Å². The van der Waals surface area contributed by atoms with Crippen molar-refractivity contribution < 1.29 is 75.8 Å². The van der Waals surface area contributed by atoms with Crippen molar-refractivity contribution in [3.63, 3.8) is 0 Å². The Balaban J connectivity index is 4.61. The highest BCUT2D eigenvalue weighted by Crippen LogP contribution is 2.45. The van der Waals surface area contributed by atoms with Gasteiger partial charge in [-0.2, -0.15) is 0 Å². The zero-order chi connectivity index (χ0) is 86.5. The zero-order valence-electron chi connectivity index (χ0n) is 74.5. The summed E-state index contributed by atoms with van der Waals surface area (Å²) in [6.45, 7) is 2.33. The fraction of sp³-hybridized carbons (Fsp3) is 0.634. The molecule has 0 aromatic rings. The number of hydrogen-bond donors (Lipinski definition) is 4. The van der Waals surface area contributed by atoms with E-state index in [0.717, 1.165) is 199 Å². The molecule has 0 aliphatic rings. The number of carbonyl (C=O) groups is 3. The highest BCUT2D eigenvalue weighted by atomic mass is 31.2. The Hall–Kier alpha value is -5.87. The number of hydrogen-bond acceptors (Lipinski definition) is 14. The first-order chi connectivity index (χ1) is 58.2. The molecule has 676 valence electrons. The van der Waals surface area contributed by atoms with Gasteiger partial charge in [-0.15, -0.1) is 0 Å². The number of aliphatic hydroxyl groups excluding tert-OH is 2. The van der Waals surface area contributed by atoms with E-state index in [1.807, 2.05) is 0 Å². The molecule has 0 aliphatic carbocycles. The lowest BCUT2D eigenvalue weighted by Gasteiger charge is -2.21. The quantitative estimate of drug-likeness (QED) is 0.0146. The van der Waals surface area contributed by atoms with Crippen molar-refractivity contribution in [2.75, 3.05) is 39.6 Å². The Bertz CT molecular complexity index is 2990. The summed E-state index contributed by atoms with van der Waals surface area (Å²) < 4.78 is 61.5. The van der Waals surface area contributed by atoms with E-state index in [1.54, 1.807) is 0 Å². The van der Waals surface area contributed by atoms with E-state index in [0.29, 0.717) is 19.3 Å². The number of carbonyl (C=O) groups excluding carboxylic acids is 3. The van der Waals surface area contributed by atoms with Crippen LogP contribution in [0.25, 0.3) is 0 Å². The number of phosphoric acid groups is 2. The van der Waals surface area contributed by atoms with Gasteiger partial charge in [0, 0.05) is 19.3 Å². The number of unbranched alkanes of at least 4 members (excludes halogenated alkanes) is 29. The van der Waals surface area contributed by atoms with Crippen molar-refractivity contribution in [3.8, 4) is 0 Å². The predicted molar refractivity (Wildman–Crippen MR) is 500 cm³/mol. The monoisotopic (exact) mass is 1700 g/mol. The van der Waals surface area contributed by atoms with Gasteiger partial charge in [-0.05, 0) is 167 Å².